The number of nitrogens with one attached hydrogen (secondary N) is 1. The summed E-state index contributed by atoms with van der Waals surface area (Å²) in [6.45, 7) is 5.44. The molecule has 2 amide bonds. The van der Waals surface area contributed by atoms with Gasteiger partial charge in [-0.1, -0.05) is 53.7 Å². The van der Waals surface area contributed by atoms with E-state index >= 15 is 0 Å². The number of nitrogens with zero attached hydrogens (tertiary/aromatic N) is 1. The lowest BCUT2D eigenvalue weighted by molar-refractivity contribution is -0.142. The molecule has 8 heteroatoms. The number of amides is 2. The van der Waals surface area contributed by atoms with Crippen molar-refractivity contribution in [2.24, 2.45) is 0 Å². The second kappa shape index (κ2) is 11.5. The molecule has 178 valence electrons. The minimum atomic E-state index is -0.692. The molecule has 5 nitrogen and oxygen atoms in total. The number of ether oxygens (including phenoxy) is 1. The lowest BCUT2D eigenvalue weighted by atomic mass is 10.1. The quantitative estimate of drug-likeness (QED) is 0.464. The fourth-order valence-electron chi connectivity index (χ4n) is 4.03. The van der Waals surface area contributed by atoms with Crippen molar-refractivity contribution in [3.63, 3.8) is 0 Å². The van der Waals surface area contributed by atoms with E-state index in [1.807, 2.05) is 13.8 Å². The molecule has 0 bridgehead atoms. The fraction of sp³-hybridized carbons (Fsp3) is 0.440. The molecule has 2 aromatic carbocycles. The number of hydrogen-bond acceptors (Lipinski definition) is 3. The first-order valence-corrected chi connectivity index (χ1v) is 12.2. The highest BCUT2D eigenvalue weighted by atomic mass is 35.5. The van der Waals surface area contributed by atoms with Crippen LogP contribution < -0.4 is 10.1 Å². The first-order chi connectivity index (χ1) is 15.7. The smallest absolute Gasteiger partial charge is 0.261 e. The number of rotatable bonds is 8. The Morgan fingerprint density at radius 1 is 1.09 bits per heavy atom. The molecule has 1 saturated carbocycles. The van der Waals surface area contributed by atoms with Crippen molar-refractivity contribution in [1.29, 1.82) is 0 Å². The summed E-state index contributed by atoms with van der Waals surface area (Å²) in [5, 5.41) is 4.69. The topological polar surface area (TPSA) is 58.6 Å². The Balaban J connectivity index is 1.77. The van der Waals surface area contributed by atoms with Gasteiger partial charge in [0.25, 0.3) is 5.91 Å². The van der Waals surface area contributed by atoms with Gasteiger partial charge in [0.05, 0.1) is 0 Å². The highest BCUT2D eigenvalue weighted by Crippen LogP contribution is 2.27. The number of halogens is 3. The van der Waals surface area contributed by atoms with Gasteiger partial charge in [0, 0.05) is 27.7 Å². The molecule has 0 radical (unpaired) electrons. The summed E-state index contributed by atoms with van der Waals surface area (Å²) in [4.78, 5) is 27.7. The van der Waals surface area contributed by atoms with Gasteiger partial charge in [0.1, 0.15) is 11.8 Å². The third-order valence-corrected chi connectivity index (χ3v) is 7.18. The molecular weight excluding hydrogens is 483 g/mol. The number of aryl methyl sites for hydroxylation is 2. The molecule has 1 N–H and O–H groups in total. The van der Waals surface area contributed by atoms with Crippen LogP contribution in [0.15, 0.2) is 30.3 Å². The van der Waals surface area contributed by atoms with Crippen LogP contribution in [0.4, 0.5) is 0 Å². The van der Waals surface area contributed by atoms with Crippen LogP contribution in [0.1, 0.15) is 49.3 Å². The van der Waals surface area contributed by atoms with Gasteiger partial charge in [-0.25, -0.2) is 0 Å². The molecular formula is C25H29Cl3N2O3. The molecule has 0 heterocycles. The van der Waals surface area contributed by atoms with Gasteiger partial charge in [-0.2, -0.15) is 0 Å². The van der Waals surface area contributed by atoms with E-state index in [0.717, 1.165) is 36.8 Å². The molecule has 0 saturated heterocycles. The third-order valence-electron chi connectivity index (χ3n) is 6.00. The van der Waals surface area contributed by atoms with E-state index < -0.39 is 6.04 Å². The highest BCUT2D eigenvalue weighted by Gasteiger charge is 2.29. The highest BCUT2D eigenvalue weighted by molar-refractivity contribution is 6.35. The summed E-state index contributed by atoms with van der Waals surface area (Å²) in [7, 11) is 0. The second-order valence-electron chi connectivity index (χ2n) is 8.58. The zero-order valence-electron chi connectivity index (χ0n) is 19.1. The van der Waals surface area contributed by atoms with Gasteiger partial charge in [0.2, 0.25) is 5.91 Å². The van der Waals surface area contributed by atoms with Crippen molar-refractivity contribution < 1.29 is 14.3 Å². The van der Waals surface area contributed by atoms with Crippen LogP contribution >= 0.6 is 34.8 Å². The maximum absolute atomic E-state index is 13.2. The van der Waals surface area contributed by atoms with Gasteiger partial charge in [0.15, 0.2) is 6.61 Å². The van der Waals surface area contributed by atoms with Crippen LogP contribution in [-0.2, 0) is 16.1 Å². The van der Waals surface area contributed by atoms with Crippen LogP contribution in [0.5, 0.6) is 5.75 Å². The van der Waals surface area contributed by atoms with Crippen LogP contribution in [0.2, 0.25) is 15.1 Å². The van der Waals surface area contributed by atoms with E-state index in [1.165, 1.54) is 4.90 Å². The predicted octanol–water partition coefficient (Wildman–Crippen LogP) is 6.12. The van der Waals surface area contributed by atoms with Crippen molar-refractivity contribution in [2.45, 2.75) is 65.1 Å². The molecule has 2 aromatic rings. The maximum Gasteiger partial charge on any atom is 0.261 e. The fourth-order valence-corrected chi connectivity index (χ4v) is 4.60. The predicted molar refractivity (Wildman–Crippen MR) is 133 cm³/mol. The monoisotopic (exact) mass is 510 g/mol. The summed E-state index contributed by atoms with van der Waals surface area (Å²) in [5.41, 5.74) is 2.44. The molecule has 33 heavy (non-hydrogen) atoms. The lowest BCUT2D eigenvalue weighted by Crippen LogP contribution is -2.50. The van der Waals surface area contributed by atoms with E-state index in [0.29, 0.717) is 26.4 Å². The Hall–Kier alpha value is -1.95. The molecule has 3 rings (SSSR count). The summed E-state index contributed by atoms with van der Waals surface area (Å²) >= 11 is 18.6. The average Bonchev–Trinajstić information content (AvgIpc) is 3.27. The Bertz CT molecular complexity index is 999. The maximum atomic E-state index is 13.2. The third kappa shape index (κ3) is 6.78. The molecule has 1 aliphatic carbocycles. The van der Waals surface area contributed by atoms with Gasteiger partial charge < -0.3 is 15.0 Å². The Labute approximate surface area is 210 Å². The molecule has 1 aliphatic rings. The summed E-state index contributed by atoms with van der Waals surface area (Å²) in [6, 6.07) is 8.15. The van der Waals surface area contributed by atoms with Crippen molar-refractivity contribution in [2.75, 3.05) is 6.61 Å². The van der Waals surface area contributed by atoms with Gasteiger partial charge in [-0.3, -0.25) is 9.59 Å². The van der Waals surface area contributed by atoms with Gasteiger partial charge in [-0.15, -0.1) is 0 Å². The molecule has 1 unspecified atom stereocenters. The molecule has 0 spiro atoms. The minimum Gasteiger partial charge on any atom is -0.484 e. The zero-order chi connectivity index (χ0) is 24.1. The molecule has 1 fully saturated rings. The summed E-state index contributed by atoms with van der Waals surface area (Å²) in [6.07, 6.45) is 4.15. The zero-order valence-corrected chi connectivity index (χ0v) is 21.4. The Morgan fingerprint density at radius 3 is 2.33 bits per heavy atom. The average molecular weight is 512 g/mol. The standard InChI is InChI=1S/C25H29Cl3N2O3/c1-15-10-21(11-16(2)24(15)28)33-14-23(31)30(13-18-8-9-19(26)12-22(18)27)17(3)25(32)29-20-6-4-5-7-20/h8-12,17,20H,4-7,13-14H2,1-3H3,(H,29,32). The largest absolute Gasteiger partial charge is 0.484 e. The number of carbonyl (C=O) groups is 2. The van der Waals surface area contributed by atoms with E-state index in [9.17, 15) is 9.59 Å². The van der Waals surface area contributed by atoms with E-state index in [4.69, 9.17) is 39.5 Å². The second-order valence-corrected chi connectivity index (χ2v) is 9.80. The van der Waals surface area contributed by atoms with Gasteiger partial charge >= 0.3 is 0 Å². The van der Waals surface area contributed by atoms with Crippen molar-refractivity contribution in [1.82, 2.24) is 10.2 Å². The van der Waals surface area contributed by atoms with Crippen LogP contribution in [0.25, 0.3) is 0 Å². The SMILES string of the molecule is Cc1cc(OCC(=O)N(Cc2ccc(Cl)cc2Cl)C(C)C(=O)NC2CCCC2)cc(C)c1Cl. The Morgan fingerprint density at radius 2 is 1.73 bits per heavy atom. The summed E-state index contributed by atoms with van der Waals surface area (Å²) in [5.74, 6) is 0.0501. The van der Waals surface area contributed by atoms with Crippen LogP contribution in [-0.4, -0.2) is 35.4 Å². The molecule has 0 aromatic heterocycles. The van der Waals surface area contributed by atoms with Crippen molar-refractivity contribution in [3.8, 4) is 5.75 Å². The summed E-state index contributed by atoms with van der Waals surface area (Å²) < 4.78 is 5.78. The van der Waals surface area contributed by atoms with Gasteiger partial charge in [-0.05, 0) is 74.6 Å². The first-order valence-electron chi connectivity index (χ1n) is 11.1. The van der Waals surface area contributed by atoms with Crippen LogP contribution in [0.3, 0.4) is 0 Å². The van der Waals surface area contributed by atoms with E-state index in [1.54, 1.807) is 37.3 Å². The molecule has 0 aliphatic heterocycles. The number of hydrogen-bond donors (Lipinski definition) is 1. The Kier molecular flexibility index (Phi) is 8.91. The number of benzene rings is 2. The normalized spacial score (nSPS) is 14.7. The molecule has 1 atom stereocenters. The number of carbonyl (C=O) groups excluding carboxylic acids is 2. The van der Waals surface area contributed by atoms with Crippen LogP contribution in [0, 0.1) is 13.8 Å². The van der Waals surface area contributed by atoms with Crippen molar-refractivity contribution >= 4 is 46.6 Å². The lowest BCUT2D eigenvalue weighted by Gasteiger charge is -2.30. The van der Waals surface area contributed by atoms with E-state index in [-0.39, 0.29) is 31.0 Å². The minimum absolute atomic E-state index is 0.160. The van der Waals surface area contributed by atoms with Crippen molar-refractivity contribution in [3.05, 3.63) is 62.1 Å². The first kappa shape index (κ1) is 25.7. The van der Waals surface area contributed by atoms with E-state index in [2.05, 4.69) is 5.32 Å².